The van der Waals surface area contributed by atoms with Crippen LogP contribution in [-0.2, 0) is 13.0 Å². The van der Waals surface area contributed by atoms with Crippen molar-refractivity contribution in [2.75, 3.05) is 0 Å². The Morgan fingerprint density at radius 1 is 1.03 bits per heavy atom. The Bertz CT molecular complexity index is 1240. The highest BCUT2D eigenvalue weighted by atomic mass is 16.2. The van der Waals surface area contributed by atoms with E-state index in [2.05, 4.69) is 25.7 Å². The van der Waals surface area contributed by atoms with Crippen molar-refractivity contribution < 1.29 is 4.79 Å². The van der Waals surface area contributed by atoms with Crippen molar-refractivity contribution in [1.82, 2.24) is 35.0 Å². The summed E-state index contributed by atoms with van der Waals surface area (Å²) in [7, 11) is 0. The van der Waals surface area contributed by atoms with Gasteiger partial charge in [0, 0.05) is 18.4 Å². The molecule has 0 bridgehead atoms. The van der Waals surface area contributed by atoms with Gasteiger partial charge >= 0.3 is 5.69 Å². The van der Waals surface area contributed by atoms with Gasteiger partial charge in [-0.1, -0.05) is 56.3 Å². The maximum Gasteiger partial charge on any atom is 0.353 e. The number of hydrogen-bond donors (Lipinski definition) is 1. The summed E-state index contributed by atoms with van der Waals surface area (Å²) in [5.74, 6) is 0.879. The second kappa shape index (κ2) is 8.86. The zero-order valence-electron chi connectivity index (χ0n) is 17.4. The van der Waals surface area contributed by atoms with Gasteiger partial charge < -0.3 is 0 Å². The summed E-state index contributed by atoms with van der Waals surface area (Å²) in [4.78, 5) is 24.8. The van der Waals surface area contributed by atoms with Crippen molar-refractivity contribution in [1.29, 1.82) is 0 Å². The Kier molecular flexibility index (Phi) is 5.83. The van der Waals surface area contributed by atoms with E-state index in [1.54, 1.807) is 11.5 Å². The van der Waals surface area contributed by atoms with Crippen molar-refractivity contribution in [3.05, 3.63) is 70.4 Å². The molecule has 2 aromatic heterocycles. The van der Waals surface area contributed by atoms with E-state index in [0.29, 0.717) is 24.6 Å². The molecule has 0 aliphatic carbocycles. The molecule has 2 aromatic carbocycles. The first-order valence-corrected chi connectivity index (χ1v) is 10.3. The van der Waals surface area contributed by atoms with Crippen LogP contribution in [0.5, 0.6) is 0 Å². The maximum absolute atomic E-state index is 12.7. The molecule has 0 spiro atoms. The fourth-order valence-corrected chi connectivity index (χ4v) is 3.42. The second-order valence-electron chi connectivity index (χ2n) is 7.21. The molecule has 9 heteroatoms. The van der Waals surface area contributed by atoms with Crippen molar-refractivity contribution >= 4 is 5.91 Å². The fourth-order valence-electron chi connectivity index (χ4n) is 3.42. The van der Waals surface area contributed by atoms with Gasteiger partial charge in [0.15, 0.2) is 0 Å². The number of benzene rings is 2. The SMILES string of the molecule is CCCc1nn(C(=O)CC)c(=O)n1Cc1ccc(-c2cccc(-c3nn[nH]n3)c2)cc1. The van der Waals surface area contributed by atoms with Gasteiger partial charge in [-0.3, -0.25) is 9.36 Å². The number of H-pyrrole nitrogens is 1. The van der Waals surface area contributed by atoms with Crippen molar-refractivity contribution in [3.63, 3.8) is 0 Å². The van der Waals surface area contributed by atoms with Crippen LogP contribution < -0.4 is 5.69 Å². The van der Waals surface area contributed by atoms with Crippen LogP contribution in [0, 0.1) is 0 Å². The molecule has 0 fully saturated rings. The molecular weight excluding hydrogens is 394 g/mol. The highest BCUT2D eigenvalue weighted by Crippen LogP contribution is 2.24. The van der Waals surface area contributed by atoms with Crippen LogP contribution in [0.3, 0.4) is 0 Å². The topological polar surface area (TPSA) is 111 Å². The minimum Gasteiger partial charge on any atom is -0.274 e. The molecule has 4 rings (SSSR count). The van der Waals surface area contributed by atoms with E-state index in [1.165, 1.54) is 0 Å². The van der Waals surface area contributed by atoms with Crippen LogP contribution in [0.25, 0.3) is 22.5 Å². The lowest BCUT2D eigenvalue weighted by atomic mass is 10.0. The van der Waals surface area contributed by atoms with Gasteiger partial charge in [0.1, 0.15) is 5.82 Å². The summed E-state index contributed by atoms with van der Waals surface area (Å²) in [6.45, 7) is 4.11. The molecule has 0 radical (unpaired) electrons. The average Bonchev–Trinajstić information content (AvgIpc) is 3.44. The summed E-state index contributed by atoms with van der Waals surface area (Å²) >= 11 is 0. The molecule has 0 saturated carbocycles. The van der Waals surface area contributed by atoms with Gasteiger partial charge in [-0.25, -0.2) is 4.79 Å². The van der Waals surface area contributed by atoms with Crippen LogP contribution >= 0.6 is 0 Å². The third kappa shape index (κ3) is 4.20. The lowest BCUT2D eigenvalue weighted by Crippen LogP contribution is -2.30. The molecule has 0 saturated heterocycles. The Balaban J connectivity index is 1.60. The highest BCUT2D eigenvalue weighted by Gasteiger charge is 2.17. The number of hydrogen-bond acceptors (Lipinski definition) is 6. The zero-order chi connectivity index (χ0) is 21.8. The molecule has 0 aliphatic rings. The Morgan fingerprint density at radius 3 is 2.48 bits per heavy atom. The lowest BCUT2D eigenvalue weighted by Gasteiger charge is -2.08. The first kappa shape index (κ1) is 20.4. The minimum absolute atomic E-state index is 0.236. The number of nitrogens with one attached hydrogen (secondary N) is 1. The minimum atomic E-state index is -0.382. The largest absolute Gasteiger partial charge is 0.353 e. The molecule has 31 heavy (non-hydrogen) atoms. The predicted octanol–water partition coefficient (Wildman–Crippen LogP) is 2.94. The number of carbonyl (C=O) groups is 1. The Hall–Kier alpha value is -3.88. The quantitative estimate of drug-likeness (QED) is 0.495. The van der Waals surface area contributed by atoms with E-state index in [4.69, 9.17) is 0 Å². The normalized spacial score (nSPS) is 11.0. The van der Waals surface area contributed by atoms with Gasteiger partial charge in [-0.05, 0) is 34.4 Å². The molecule has 9 nitrogen and oxygen atoms in total. The van der Waals surface area contributed by atoms with E-state index >= 15 is 0 Å². The standard InChI is InChI=1S/C22H23N7O2/c1-3-6-19-25-29(20(30)4-2)22(31)28(19)14-15-9-11-16(12-10-15)17-7-5-8-18(13-17)21-23-26-27-24-21/h5,7-13H,3-4,6,14H2,1-2H3,(H,23,24,26,27). The molecule has 158 valence electrons. The molecule has 0 aliphatic heterocycles. The van der Waals surface area contributed by atoms with E-state index < -0.39 is 0 Å². The van der Waals surface area contributed by atoms with E-state index in [9.17, 15) is 9.59 Å². The number of nitrogens with zero attached hydrogens (tertiary/aromatic N) is 6. The van der Waals surface area contributed by atoms with E-state index in [0.717, 1.165) is 33.4 Å². The Labute approximate surface area is 178 Å². The van der Waals surface area contributed by atoms with Crippen molar-refractivity contribution in [3.8, 4) is 22.5 Å². The van der Waals surface area contributed by atoms with Gasteiger partial charge in [0.2, 0.25) is 5.82 Å². The molecule has 0 unspecified atom stereocenters. The smallest absolute Gasteiger partial charge is 0.274 e. The fraction of sp³-hybridized carbons (Fsp3) is 0.273. The third-order valence-corrected chi connectivity index (χ3v) is 5.05. The van der Waals surface area contributed by atoms with Gasteiger partial charge in [-0.15, -0.1) is 20.0 Å². The first-order valence-electron chi connectivity index (χ1n) is 10.3. The van der Waals surface area contributed by atoms with Crippen LogP contribution in [-0.4, -0.2) is 40.9 Å². The summed E-state index contributed by atoms with van der Waals surface area (Å²) in [5, 5.41) is 18.4. The van der Waals surface area contributed by atoms with Crippen LogP contribution in [0.4, 0.5) is 0 Å². The summed E-state index contributed by atoms with van der Waals surface area (Å²) in [6, 6.07) is 15.9. The van der Waals surface area contributed by atoms with Crippen LogP contribution in [0.1, 0.15) is 42.9 Å². The Morgan fingerprint density at radius 2 is 1.81 bits per heavy atom. The molecule has 0 atom stereocenters. The van der Waals surface area contributed by atoms with Crippen LogP contribution in [0.2, 0.25) is 0 Å². The summed E-state index contributed by atoms with van der Waals surface area (Å²) < 4.78 is 2.58. The average molecular weight is 417 g/mol. The zero-order valence-corrected chi connectivity index (χ0v) is 17.4. The number of aromatic amines is 1. The summed E-state index contributed by atoms with van der Waals surface area (Å²) in [5.41, 5.74) is 3.51. The van der Waals surface area contributed by atoms with Crippen molar-refractivity contribution in [2.24, 2.45) is 0 Å². The molecule has 2 heterocycles. The number of rotatable bonds is 7. The highest BCUT2D eigenvalue weighted by molar-refractivity contribution is 5.77. The van der Waals surface area contributed by atoms with Gasteiger partial charge in [-0.2, -0.15) is 5.21 Å². The molecule has 4 aromatic rings. The van der Waals surface area contributed by atoms with E-state index in [1.807, 2.05) is 55.5 Å². The number of tetrazole rings is 1. The summed E-state index contributed by atoms with van der Waals surface area (Å²) in [6.07, 6.45) is 1.72. The second-order valence-corrected chi connectivity index (χ2v) is 7.21. The first-order chi connectivity index (χ1) is 15.1. The molecular formula is C22H23N7O2. The molecule has 1 N–H and O–H groups in total. The van der Waals surface area contributed by atoms with Crippen molar-refractivity contribution in [2.45, 2.75) is 39.7 Å². The number of aromatic nitrogens is 7. The molecule has 0 amide bonds. The van der Waals surface area contributed by atoms with E-state index in [-0.39, 0.29) is 18.0 Å². The number of carbonyl (C=O) groups excluding carboxylic acids is 1. The predicted molar refractivity (Wildman–Crippen MR) is 116 cm³/mol. The lowest BCUT2D eigenvalue weighted by molar-refractivity contribution is 0.0887. The monoisotopic (exact) mass is 417 g/mol. The van der Waals surface area contributed by atoms with Gasteiger partial charge in [0.05, 0.1) is 6.54 Å². The number of aryl methyl sites for hydroxylation is 1. The van der Waals surface area contributed by atoms with Crippen LogP contribution in [0.15, 0.2) is 53.3 Å². The third-order valence-electron chi connectivity index (χ3n) is 5.05. The van der Waals surface area contributed by atoms with Gasteiger partial charge in [0.25, 0.3) is 5.91 Å². The maximum atomic E-state index is 12.7.